The number of hydrogen-bond donors (Lipinski definition) is 1. The molecular weight excluding hydrogens is 440 g/mol. The van der Waals surface area contributed by atoms with E-state index in [0.29, 0.717) is 18.6 Å². The first-order valence-electron chi connectivity index (χ1n) is 13.4. The van der Waals surface area contributed by atoms with Gasteiger partial charge in [-0.1, -0.05) is 45.4 Å². The summed E-state index contributed by atoms with van der Waals surface area (Å²) in [5.74, 6) is 1.77. The van der Waals surface area contributed by atoms with Crippen LogP contribution in [0.1, 0.15) is 101 Å². The van der Waals surface area contributed by atoms with Gasteiger partial charge in [0.05, 0.1) is 19.2 Å². The van der Waals surface area contributed by atoms with Gasteiger partial charge in [-0.3, -0.25) is 9.69 Å². The van der Waals surface area contributed by atoms with Crippen LogP contribution < -0.4 is 10.3 Å². The first-order chi connectivity index (χ1) is 17.2. The molecule has 2 fully saturated rings. The van der Waals surface area contributed by atoms with E-state index < -0.39 is 0 Å². The standard InChI is InChI=1S/C27H38N6O2/c1-3-9-25(26-29-30-31-33(26)22-12-5-4-6-13-22)32(21-10-7-8-11-21)18-20-16-19-17-23(35-2)14-15-24(19)28-27(20)34/h14-17,21-22,25H,3-13,18H2,1-2H3,(H,28,34)/t25-/m1/s1. The summed E-state index contributed by atoms with van der Waals surface area (Å²) in [5.41, 5.74) is 1.60. The van der Waals surface area contributed by atoms with E-state index in [2.05, 4.69) is 37.0 Å². The maximum Gasteiger partial charge on any atom is 0.252 e. The van der Waals surface area contributed by atoms with Crippen LogP contribution >= 0.6 is 0 Å². The monoisotopic (exact) mass is 478 g/mol. The fraction of sp³-hybridized carbons (Fsp3) is 0.630. The molecule has 5 rings (SSSR count). The zero-order valence-electron chi connectivity index (χ0n) is 21.1. The van der Waals surface area contributed by atoms with E-state index in [0.717, 1.165) is 66.6 Å². The van der Waals surface area contributed by atoms with Gasteiger partial charge in [0.25, 0.3) is 5.56 Å². The largest absolute Gasteiger partial charge is 0.497 e. The first-order valence-corrected chi connectivity index (χ1v) is 13.4. The molecule has 0 unspecified atom stereocenters. The molecule has 0 saturated heterocycles. The van der Waals surface area contributed by atoms with E-state index in [1.807, 2.05) is 24.3 Å². The number of nitrogens with zero attached hydrogens (tertiary/aromatic N) is 5. The van der Waals surface area contributed by atoms with E-state index in [9.17, 15) is 4.79 Å². The van der Waals surface area contributed by atoms with Crippen molar-refractivity contribution in [1.29, 1.82) is 0 Å². The number of nitrogens with one attached hydrogen (secondary N) is 1. The molecule has 1 aromatic carbocycles. The normalized spacial score (nSPS) is 18.5. The molecule has 0 spiro atoms. The van der Waals surface area contributed by atoms with E-state index >= 15 is 0 Å². The average molecular weight is 479 g/mol. The molecule has 8 heteroatoms. The summed E-state index contributed by atoms with van der Waals surface area (Å²) in [4.78, 5) is 18.8. The summed E-state index contributed by atoms with van der Waals surface area (Å²) in [6.07, 6.45) is 12.9. The van der Waals surface area contributed by atoms with E-state index in [1.165, 1.54) is 32.1 Å². The Morgan fingerprint density at radius 2 is 1.89 bits per heavy atom. The van der Waals surface area contributed by atoms with Gasteiger partial charge < -0.3 is 9.72 Å². The van der Waals surface area contributed by atoms with Gasteiger partial charge in [0, 0.05) is 29.1 Å². The highest BCUT2D eigenvalue weighted by molar-refractivity contribution is 5.80. The fourth-order valence-electron chi connectivity index (χ4n) is 6.12. The van der Waals surface area contributed by atoms with Crippen molar-refractivity contribution in [2.45, 2.75) is 102 Å². The summed E-state index contributed by atoms with van der Waals surface area (Å²) in [6.45, 7) is 2.82. The second-order valence-corrected chi connectivity index (χ2v) is 10.3. The number of benzene rings is 1. The number of tetrazole rings is 1. The van der Waals surface area contributed by atoms with Gasteiger partial charge in [-0.05, 0) is 66.8 Å². The SMILES string of the molecule is CCC[C@H](c1nnnn1C1CCCCC1)N(Cc1cc2cc(OC)ccc2[nH]c1=O)C1CCCC1. The molecule has 0 aliphatic heterocycles. The van der Waals surface area contributed by atoms with Crippen molar-refractivity contribution in [3.63, 3.8) is 0 Å². The Labute approximate surface area is 207 Å². The van der Waals surface area contributed by atoms with Crippen molar-refractivity contribution in [3.05, 3.63) is 46.0 Å². The number of rotatable bonds is 9. The summed E-state index contributed by atoms with van der Waals surface area (Å²) >= 11 is 0. The summed E-state index contributed by atoms with van der Waals surface area (Å²) < 4.78 is 7.54. The number of aromatic nitrogens is 5. The third-order valence-electron chi connectivity index (χ3n) is 7.97. The molecule has 188 valence electrons. The zero-order valence-corrected chi connectivity index (χ0v) is 21.1. The molecule has 0 amide bonds. The van der Waals surface area contributed by atoms with Crippen molar-refractivity contribution < 1.29 is 4.74 Å². The lowest BCUT2D eigenvalue weighted by atomic mass is 9.95. The second-order valence-electron chi connectivity index (χ2n) is 10.3. The second kappa shape index (κ2) is 10.9. The highest BCUT2D eigenvalue weighted by Gasteiger charge is 2.34. The number of methoxy groups -OCH3 is 1. The fourth-order valence-corrected chi connectivity index (χ4v) is 6.12. The molecule has 1 N–H and O–H groups in total. The van der Waals surface area contributed by atoms with Crippen LogP contribution in [0.5, 0.6) is 5.75 Å². The van der Waals surface area contributed by atoms with Crippen molar-refractivity contribution in [2.24, 2.45) is 0 Å². The quantitative estimate of drug-likeness (QED) is 0.448. The zero-order chi connectivity index (χ0) is 24.2. The predicted octanol–water partition coefficient (Wildman–Crippen LogP) is 5.31. The third kappa shape index (κ3) is 5.13. The Balaban J connectivity index is 1.52. The molecule has 35 heavy (non-hydrogen) atoms. The van der Waals surface area contributed by atoms with Gasteiger partial charge in [0.15, 0.2) is 5.82 Å². The lowest BCUT2D eigenvalue weighted by Crippen LogP contribution is -2.39. The van der Waals surface area contributed by atoms with Gasteiger partial charge in [0.2, 0.25) is 0 Å². The Morgan fingerprint density at radius 3 is 2.63 bits per heavy atom. The van der Waals surface area contributed by atoms with Crippen LogP contribution in [0.3, 0.4) is 0 Å². The van der Waals surface area contributed by atoms with Gasteiger partial charge in [-0.25, -0.2) is 4.68 Å². The average Bonchev–Trinajstić information content (AvgIpc) is 3.59. The molecule has 2 aliphatic rings. The molecule has 0 bridgehead atoms. The number of ether oxygens (including phenoxy) is 1. The van der Waals surface area contributed by atoms with Gasteiger partial charge in [0.1, 0.15) is 5.75 Å². The summed E-state index contributed by atoms with van der Waals surface area (Å²) in [7, 11) is 1.67. The number of fused-ring (bicyclic) bond motifs is 1. The highest BCUT2D eigenvalue weighted by Crippen LogP contribution is 2.37. The number of pyridine rings is 1. The molecular formula is C27H38N6O2. The van der Waals surface area contributed by atoms with Crippen LogP contribution in [0.2, 0.25) is 0 Å². The van der Waals surface area contributed by atoms with Crippen LogP contribution in [0.4, 0.5) is 0 Å². The smallest absolute Gasteiger partial charge is 0.252 e. The lowest BCUT2D eigenvalue weighted by Gasteiger charge is -2.36. The molecule has 1 atom stereocenters. The Bertz CT molecular complexity index is 1180. The minimum atomic E-state index is -0.0206. The van der Waals surface area contributed by atoms with Crippen molar-refractivity contribution in [2.75, 3.05) is 7.11 Å². The topological polar surface area (TPSA) is 88.9 Å². The van der Waals surface area contributed by atoms with E-state index in [-0.39, 0.29) is 11.6 Å². The van der Waals surface area contributed by atoms with Crippen LogP contribution in [-0.2, 0) is 6.54 Å². The van der Waals surface area contributed by atoms with Crippen molar-refractivity contribution >= 4 is 10.9 Å². The van der Waals surface area contributed by atoms with Crippen LogP contribution in [0.15, 0.2) is 29.1 Å². The van der Waals surface area contributed by atoms with Gasteiger partial charge in [-0.15, -0.1) is 5.10 Å². The summed E-state index contributed by atoms with van der Waals surface area (Å²) in [5, 5.41) is 14.2. The molecule has 2 aliphatic carbocycles. The van der Waals surface area contributed by atoms with Crippen LogP contribution in [0.25, 0.3) is 10.9 Å². The number of hydrogen-bond acceptors (Lipinski definition) is 6. The minimum Gasteiger partial charge on any atom is -0.497 e. The molecule has 2 saturated carbocycles. The van der Waals surface area contributed by atoms with Gasteiger partial charge in [-0.2, -0.15) is 0 Å². The lowest BCUT2D eigenvalue weighted by molar-refractivity contribution is 0.105. The number of H-pyrrole nitrogens is 1. The van der Waals surface area contributed by atoms with Crippen LogP contribution in [0, 0.1) is 0 Å². The molecule has 2 aromatic heterocycles. The first kappa shape index (κ1) is 24.0. The number of aromatic amines is 1. The Hall–Kier alpha value is -2.74. The molecule has 2 heterocycles. The van der Waals surface area contributed by atoms with Gasteiger partial charge >= 0.3 is 0 Å². The maximum atomic E-state index is 13.2. The molecule has 3 aromatic rings. The van der Waals surface area contributed by atoms with E-state index in [1.54, 1.807) is 7.11 Å². The molecule has 0 radical (unpaired) electrons. The minimum absolute atomic E-state index is 0.0206. The van der Waals surface area contributed by atoms with Crippen molar-refractivity contribution in [1.82, 2.24) is 30.1 Å². The summed E-state index contributed by atoms with van der Waals surface area (Å²) in [6, 6.07) is 8.73. The van der Waals surface area contributed by atoms with E-state index in [4.69, 9.17) is 4.74 Å². The molecule has 8 nitrogen and oxygen atoms in total. The third-order valence-corrected chi connectivity index (χ3v) is 7.97. The Kier molecular flexibility index (Phi) is 7.46. The maximum absolute atomic E-state index is 13.2. The van der Waals surface area contributed by atoms with Crippen molar-refractivity contribution in [3.8, 4) is 5.75 Å². The highest BCUT2D eigenvalue weighted by atomic mass is 16.5. The Morgan fingerprint density at radius 1 is 1.11 bits per heavy atom. The predicted molar refractivity (Wildman–Crippen MR) is 137 cm³/mol. The van der Waals surface area contributed by atoms with Crippen LogP contribution in [-0.4, -0.2) is 43.2 Å².